The highest BCUT2D eigenvalue weighted by Gasteiger charge is 2.26. The highest BCUT2D eigenvalue weighted by atomic mass is 35.5. The highest BCUT2D eigenvalue weighted by molar-refractivity contribution is 6.42. The van der Waals surface area contributed by atoms with Crippen LogP contribution in [0.2, 0.25) is 20.1 Å². The molecule has 1 N–H and O–H groups in total. The van der Waals surface area contributed by atoms with Gasteiger partial charge in [0, 0.05) is 18.1 Å². The van der Waals surface area contributed by atoms with Gasteiger partial charge in [-0.15, -0.1) is 0 Å². The summed E-state index contributed by atoms with van der Waals surface area (Å²) in [7, 11) is 0. The van der Waals surface area contributed by atoms with Crippen LogP contribution >= 0.6 is 46.4 Å². The molecule has 0 radical (unpaired) electrons. The van der Waals surface area contributed by atoms with Gasteiger partial charge in [0.25, 0.3) is 5.91 Å². The van der Waals surface area contributed by atoms with Gasteiger partial charge in [0.2, 0.25) is 5.91 Å². The molecule has 0 unspecified atom stereocenters. The van der Waals surface area contributed by atoms with Crippen LogP contribution in [-0.2, 0) is 16.1 Å². The molecule has 9 heteroatoms. The van der Waals surface area contributed by atoms with Crippen molar-refractivity contribution in [3.8, 4) is 5.75 Å². The SMILES string of the molecule is CCCNC(=O)[C@@H](C)N(Cc1ccc(Cl)c(Cl)c1)C(=O)COc1ccc(Cl)cc1Cl. The maximum atomic E-state index is 13.0. The number of carbonyl (C=O) groups is 2. The topological polar surface area (TPSA) is 58.6 Å². The molecule has 0 spiro atoms. The number of nitrogens with zero attached hydrogens (tertiary/aromatic N) is 1. The molecule has 2 aromatic carbocycles. The average molecular weight is 492 g/mol. The summed E-state index contributed by atoms with van der Waals surface area (Å²) in [6, 6.07) is 9.06. The Hall–Kier alpha value is -1.66. The number of ether oxygens (including phenoxy) is 1. The number of carbonyl (C=O) groups excluding carboxylic acids is 2. The van der Waals surface area contributed by atoms with Crippen LogP contribution in [0, 0.1) is 0 Å². The maximum absolute atomic E-state index is 13.0. The van der Waals surface area contributed by atoms with Gasteiger partial charge >= 0.3 is 0 Å². The number of nitrogens with one attached hydrogen (secondary N) is 1. The van der Waals surface area contributed by atoms with E-state index in [2.05, 4.69) is 5.32 Å². The van der Waals surface area contributed by atoms with Gasteiger partial charge < -0.3 is 15.0 Å². The lowest BCUT2D eigenvalue weighted by Crippen LogP contribution is -2.49. The Morgan fingerprint density at radius 3 is 2.40 bits per heavy atom. The molecule has 0 heterocycles. The summed E-state index contributed by atoms with van der Waals surface area (Å²) in [6.45, 7) is 4.00. The van der Waals surface area contributed by atoms with E-state index in [0.717, 1.165) is 12.0 Å². The minimum atomic E-state index is -0.720. The number of hydrogen-bond acceptors (Lipinski definition) is 3. The Kier molecular flexibility index (Phi) is 9.56. The third kappa shape index (κ3) is 6.95. The van der Waals surface area contributed by atoms with Crippen LogP contribution in [0.5, 0.6) is 5.75 Å². The normalized spacial score (nSPS) is 11.7. The molecule has 30 heavy (non-hydrogen) atoms. The molecule has 2 rings (SSSR count). The van der Waals surface area contributed by atoms with E-state index in [1.165, 1.54) is 11.0 Å². The van der Waals surface area contributed by atoms with Crippen molar-refractivity contribution in [1.29, 1.82) is 0 Å². The minimum Gasteiger partial charge on any atom is -0.482 e. The largest absolute Gasteiger partial charge is 0.482 e. The lowest BCUT2D eigenvalue weighted by atomic mass is 10.1. The fraction of sp³-hybridized carbons (Fsp3) is 0.333. The summed E-state index contributed by atoms with van der Waals surface area (Å²) < 4.78 is 5.57. The molecule has 2 amide bonds. The Bertz CT molecular complexity index is 908. The lowest BCUT2D eigenvalue weighted by molar-refractivity contribution is -0.142. The zero-order valence-electron chi connectivity index (χ0n) is 16.6. The van der Waals surface area contributed by atoms with Gasteiger partial charge in [0.15, 0.2) is 6.61 Å². The molecule has 0 bridgehead atoms. The molecule has 2 aromatic rings. The van der Waals surface area contributed by atoms with E-state index < -0.39 is 6.04 Å². The molecule has 0 fully saturated rings. The summed E-state index contributed by atoms with van der Waals surface area (Å²) >= 11 is 24.1. The van der Waals surface area contributed by atoms with E-state index in [0.29, 0.717) is 32.4 Å². The Labute approximate surface area is 196 Å². The van der Waals surface area contributed by atoms with Gasteiger partial charge in [-0.2, -0.15) is 0 Å². The minimum absolute atomic E-state index is 0.161. The van der Waals surface area contributed by atoms with Gasteiger partial charge in [-0.25, -0.2) is 0 Å². The van der Waals surface area contributed by atoms with Gasteiger partial charge in [-0.3, -0.25) is 9.59 Å². The molecule has 162 valence electrons. The molecule has 0 saturated heterocycles. The number of rotatable bonds is 9. The Morgan fingerprint density at radius 1 is 1.03 bits per heavy atom. The molecule has 5 nitrogen and oxygen atoms in total. The van der Waals surface area contributed by atoms with Crippen LogP contribution in [-0.4, -0.2) is 35.9 Å². The van der Waals surface area contributed by atoms with E-state index in [4.69, 9.17) is 51.1 Å². The summed E-state index contributed by atoms with van der Waals surface area (Å²) in [5, 5.41) is 4.34. The number of halogens is 4. The molecule has 0 aliphatic carbocycles. The Morgan fingerprint density at radius 2 is 1.77 bits per heavy atom. The van der Waals surface area contributed by atoms with Crippen molar-refractivity contribution < 1.29 is 14.3 Å². The zero-order chi connectivity index (χ0) is 22.3. The number of benzene rings is 2. The van der Waals surface area contributed by atoms with E-state index in [9.17, 15) is 9.59 Å². The van der Waals surface area contributed by atoms with E-state index in [-0.39, 0.29) is 25.0 Å². The standard InChI is InChI=1S/C21H22Cl4N2O3/c1-3-8-26-21(29)13(2)27(11-14-4-6-16(23)17(24)9-14)20(28)12-30-19-7-5-15(22)10-18(19)25/h4-7,9-10,13H,3,8,11-12H2,1-2H3,(H,26,29)/t13-/m1/s1. The van der Waals surface area contributed by atoms with Crippen LogP contribution in [0.4, 0.5) is 0 Å². The first kappa shape index (κ1) is 24.6. The monoisotopic (exact) mass is 490 g/mol. The fourth-order valence-corrected chi connectivity index (χ4v) is 3.41. The third-order valence-corrected chi connectivity index (χ3v) is 5.57. The molecular weight excluding hydrogens is 470 g/mol. The first-order valence-electron chi connectivity index (χ1n) is 9.31. The molecule has 0 saturated carbocycles. The Balaban J connectivity index is 2.18. The second kappa shape index (κ2) is 11.7. The first-order chi connectivity index (χ1) is 14.2. The molecule has 0 aliphatic rings. The van der Waals surface area contributed by atoms with E-state index in [1.807, 2.05) is 6.92 Å². The smallest absolute Gasteiger partial charge is 0.261 e. The first-order valence-corrected chi connectivity index (χ1v) is 10.8. The highest BCUT2D eigenvalue weighted by Crippen LogP contribution is 2.28. The third-order valence-electron chi connectivity index (χ3n) is 4.30. The van der Waals surface area contributed by atoms with Crippen molar-refractivity contribution in [3.05, 3.63) is 62.1 Å². The molecule has 0 aromatic heterocycles. The predicted octanol–water partition coefficient (Wildman–Crippen LogP) is 5.62. The van der Waals surface area contributed by atoms with Crippen molar-refractivity contribution in [2.45, 2.75) is 32.9 Å². The van der Waals surface area contributed by atoms with E-state index in [1.54, 1.807) is 37.3 Å². The summed E-state index contributed by atoms with van der Waals surface area (Å²) in [5.74, 6) is -0.312. The zero-order valence-corrected chi connectivity index (χ0v) is 19.6. The lowest BCUT2D eigenvalue weighted by Gasteiger charge is -2.29. The van der Waals surface area contributed by atoms with Crippen LogP contribution in [0.1, 0.15) is 25.8 Å². The van der Waals surface area contributed by atoms with Crippen molar-refractivity contribution in [3.63, 3.8) is 0 Å². The van der Waals surface area contributed by atoms with Crippen LogP contribution < -0.4 is 10.1 Å². The van der Waals surface area contributed by atoms with Crippen LogP contribution in [0.25, 0.3) is 0 Å². The number of hydrogen-bond donors (Lipinski definition) is 1. The van der Waals surface area contributed by atoms with Crippen molar-refractivity contribution in [1.82, 2.24) is 10.2 Å². The van der Waals surface area contributed by atoms with Gasteiger partial charge in [-0.05, 0) is 49.2 Å². The summed E-state index contributed by atoms with van der Waals surface area (Å²) in [6.07, 6.45) is 0.789. The second-order valence-corrected chi connectivity index (χ2v) is 8.26. The predicted molar refractivity (Wildman–Crippen MR) is 122 cm³/mol. The molecular formula is C21H22Cl4N2O3. The molecule has 1 atom stereocenters. The van der Waals surface area contributed by atoms with Crippen molar-refractivity contribution in [2.24, 2.45) is 0 Å². The maximum Gasteiger partial charge on any atom is 0.261 e. The van der Waals surface area contributed by atoms with E-state index >= 15 is 0 Å². The van der Waals surface area contributed by atoms with Gasteiger partial charge in [-0.1, -0.05) is 59.4 Å². The number of amides is 2. The fourth-order valence-electron chi connectivity index (χ4n) is 2.63. The van der Waals surface area contributed by atoms with Crippen LogP contribution in [0.3, 0.4) is 0 Å². The van der Waals surface area contributed by atoms with Crippen LogP contribution in [0.15, 0.2) is 36.4 Å². The quantitative estimate of drug-likeness (QED) is 0.495. The van der Waals surface area contributed by atoms with Gasteiger partial charge in [0.05, 0.1) is 15.1 Å². The average Bonchev–Trinajstić information content (AvgIpc) is 2.71. The van der Waals surface area contributed by atoms with Gasteiger partial charge in [0.1, 0.15) is 11.8 Å². The molecule has 0 aliphatic heterocycles. The van der Waals surface area contributed by atoms with Crippen molar-refractivity contribution >= 4 is 58.2 Å². The van der Waals surface area contributed by atoms with Crippen molar-refractivity contribution in [2.75, 3.05) is 13.2 Å². The summed E-state index contributed by atoms with van der Waals surface area (Å²) in [4.78, 5) is 26.9. The summed E-state index contributed by atoms with van der Waals surface area (Å²) in [5.41, 5.74) is 0.734. The second-order valence-electron chi connectivity index (χ2n) is 6.60.